The number of sulfone groups is 1. The van der Waals surface area contributed by atoms with E-state index in [4.69, 9.17) is 28.5 Å². The van der Waals surface area contributed by atoms with Crippen LogP contribution in [0.3, 0.4) is 0 Å². The van der Waals surface area contributed by atoms with Gasteiger partial charge in [-0.05, 0) is 149 Å². The van der Waals surface area contributed by atoms with Crippen molar-refractivity contribution < 1.29 is 54.9 Å². The molecule has 1 aromatic heterocycles. The summed E-state index contributed by atoms with van der Waals surface area (Å²) in [6.45, 7) is 20.8. The number of hydrogen-bond donors (Lipinski definition) is 2. The molecular formula is C56H80N8O12S2Si. The van der Waals surface area contributed by atoms with Gasteiger partial charge in [0.1, 0.15) is 27.7 Å². The van der Waals surface area contributed by atoms with Gasteiger partial charge >= 0.3 is 12.2 Å². The Morgan fingerprint density at radius 3 is 1.72 bits per heavy atom. The minimum Gasteiger partial charge on any atom is -0.497 e. The number of ether oxygens (including phenoxy) is 4. The number of sulfonamides is 1. The Hall–Kier alpha value is -6.27. The van der Waals surface area contributed by atoms with Gasteiger partial charge in [-0.25, -0.2) is 26.4 Å². The number of carbonyl (C=O) groups excluding carboxylic acids is 1. The summed E-state index contributed by atoms with van der Waals surface area (Å²) in [5, 5.41) is 26.8. The molecule has 6 rings (SSSR count). The molecule has 5 aromatic rings. The van der Waals surface area contributed by atoms with Crippen molar-refractivity contribution in [1.82, 2.24) is 34.7 Å². The van der Waals surface area contributed by atoms with Crippen LogP contribution in [-0.2, 0) is 48.7 Å². The fourth-order valence-electron chi connectivity index (χ4n) is 8.88. The summed E-state index contributed by atoms with van der Waals surface area (Å²) in [6, 6.07) is 24.0. The molecule has 0 aliphatic carbocycles. The number of tetrazole rings is 1. The van der Waals surface area contributed by atoms with E-state index < -0.39 is 78.2 Å². The minimum atomic E-state index is -5.00. The van der Waals surface area contributed by atoms with Gasteiger partial charge in [-0.3, -0.25) is 0 Å². The van der Waals surface area contributed by atoms with Crippen LogP contribution in [0.1, 0.15) is 91.8 Å². The van der Waals surface area contributed by atoms with Gasteiger partial charge in [-0.2, -0.15) is 9.10 Å². The Kier molecular flexibility index (Phi) is 19.6. The highest BCUT2D eigenvalue weighted by Gasteiger charge is 2.44. The third kappa shape index (κ3) is 16.2. The summed E-state index contributed by atoms with van der Waals surface area (Å²) >= 11 is 0. The highest BCUT2D eigenvalue weighted by molar-refractivity contribution is 7.93. The van der Waals surface area contributed by atoms with Crippen molar-refractivity contribution in [2.75, 3.05) is 58.2 Å². The van der Waals surface area contributed by atoms with Crippen LogP contribution in [-0.4, -0.2) is 142 Å². The van der Waals surface area contributed by atoms with Crippen LogP contribution >= 0.6 is 0 Å². The molecule has 0 spiro atoms. The molecule has 1 fully saturated rings. The lowest BCUT2D eigenvalue weighted by Gasteiger charge is -2.42. The van der Waals surface area contributed by atoms with Crippen LogP contribution in [0.2, 0.25) is 18.1 Å². The molecule has 1 aliphatic heterocycles. The molecule has 2 N–H and O–H groups in total. The van der Waals surface area contributed by atoms with Crippen LogP contribution in [0.5, 0.6) is 17.2 Å². The first-order valence-corrected chi connectivity index (χ1v) is 32.3. The Morgan fingerprint density at radius 2 is 1.27 bits per heavy atom. The SMILES string of the molecule is COc1ccc(CN(Cc2ccc(OC)cc2)S(=O)(=O)c2c(S(=O)(=O)CC(CN(C(=O)O)C(C)(C)C)O[Si](C)(C)C(C)(C)C)ccc(N3CCC(CNC(=O)OC(C)(C)C)CC3)c2-c2nnn(Cc3ccc(OC)cc3)n2)cc1. The molecule has 23 heteroatoms. The predicted octanol–water partition coefficient (Wildman–Crippen LogP) is 9.49. The second kappa shape index (κ2) is 25.0. The average molecular weight is 1150 g/mol. The zero-order valence-electron chi connectivity index (χ0n) is 48.2. The summed E-state index contributed by atoms with van der Waals surface area (Å²) < 4.78 is 94.7. The predicted molar refractivity (Wildman–Crippen MR) is 306 cm³/mol. The van der Waals surface area contributed by atoms with E-state index in [0.717, 1.165) is 10.5 Å². The number of carboxylic acid groups (broad SMARTS) is 1. The first kappa shape index (κ1) is 61.9. The van der Waals surface area contributed by atoms with Gasteiger partial charge in [0.05, 0.1) is 56.7 Å². The topological polar surface area (TPSA) is 234 Å². The first-order valence-electron chi connectivity index (χ1n) is 26.3. The molecule has 79 heavy (non-hydrogen) atoms. The van der Waals surface area contributed by atoms with Gasteiger partial charge in [-0.15, -0.1) is 10.2 Å². The van der Waals surface area contributed by atoms with E-state index in [0.29, 0.717) is 66.5 Å². The number of anilines is 1. The molecule has 1 aliphatic rings. The molecule has 4 aromatic carbocycles. The Balaban J connectivity index is 1.62. The summed E-state index contributed by atoms with van der Waals surface area (Å²) in [5.74, 6) is 0.822. The van der Waals surface area contributed by atoms with Crippen molar-refractivity contribution in [3.63, 3.8) is 0 Å². The van der Waals surface area contributed by atoms with Gasteiger partial charge in [0.2, 0.25) is 15.8 Å². The smallest absolute Gasteiger partial charge is 0.407 e. The lowest BCUT2D eigenvalue weighted by molar-refractivity contribution is 0.0516. The second-order valence-electron chi connectivity index (χ2n) is 23.4. The van der Waals surface area contributed by atoms with Crippen LogP contribution in [0.15, 0.2) is 94.7 Å². The van der Waals surface area contributed by atoms with E-state index >= 15 is 16.8 Å². The number of benzene rings is 4. The number of alkyl carbamates (subject to hydrolysis) is 1. The quantitative estimate of drug-likeness (QED) is 0.0614. The number of aromatic nitrogens is 4. The maximum atomic E-state index is 16.5. The van der Waals surface area contributed by atoms with Gasteiger partial charge in [0, 0.05) is 44.0 Å². The van der Waals surface area contributed by atoms with E-state index in [2.05, 4.69) is 15.6 Å². The number of methoxy groups -OCH3 is 3. The molecule has 0 bridgehead atoms. The summed E-state index contributed by atoms with van der Waals surface area (Å²) in [5.41, 5.74) is 0.515. The molecular weight excluding hydrogens is 1070 g/mol. The molecule has 1 saturated heterocycles. The molecule has 1 unspecified atom stereocenters. The van der Waals surface area contributed by atoms with Crippen LogP contribution in [0, 0.1) is 5.92 Å². The van der Waals surface area contributed by atoms with E-state index in [-0.39, 0.29) is 43.5 Å². The minimum absolute atomic E-state index is 0.0272. The highest BCUT2D eigenvalue weighted by atomic mass is 32.2. The number of piperidine rings is 1. The molecule has 20 nitrogen and oxygen atoms in total. The number of nitrogens with zero attached hydrogens (tertiary/aromatic N) is 7. The second-order valence-corrected chi connectivity index (χ2v) is 32.0. The maximum Gasteiger partial charge on any atom is 0.407 e. The summed E-state index contributed by atoms with van der Waals surface area (Å²) in [4.78, 5) is 29.0. The van der Waals surface area contributed by atoms with Gasteiger partial charge < -0.3 is 43.6 Å². The fourth-order valence-corrected chi connectivity index (χ4v) is 14.2. The molecule has 2 heterocycles. The van der Waals surface area contributed by atoms with Crippen molar-refractivity contribution in [1.29, 1.82) is 0 Å². The third-order valence-corrected chi connectivity index (χ3v) is 22.6. The Bertz CT molecular complexity index is 3040. The molecule has 0 saturated carbocycles. The zero-order valence-corrected chi connectivity index (χ0v) is 50.8. The van der Waals surface area contributed by atoms with Crippen molar-refractivity contribution in [2.24, 2.45) is 5.92 Å². The van der Waals surface area contributed by atoms with E-state index in [1.807, 2.05) is 50.9 Å². The van der Waals surface area contributed by atoms with E-state index in [1.54, 1.807) is 115 Å². The number of nitrogens with one attached hydrogen (secondary N) is 1. The molecule has 2 amide bonds. The number of rotatable bonds is 22. The lowest BCUT2D eigenvalue weighted by atomic mass is 9.95. The van der Waals surface area contributed by atoms with Gasteiger partial charge in [0.25, 0.3) is 0 Å². The normalized spacial score (nSPS) is 14.4. The highest BCUT2D eigenvalue weighted by Crippen LogP contribution is 2.44. The third-order valence-electron chi connectivity index (χ3n) is 14.2. The van der Waals surface area contributed by atoms with Crippen molar-refractivity contribution in [2.45, 2.75) is 140 Å². The number of amides is 2. The standard InChI is InChI=1S/C56H80N8O12S2Si/c1-54(2,3)63(53(66)67)37-46(76-79(13,14)56(7,8)9)38-77(68,69)48-28-27-47(61-31-29-39(30-32-61)33-57-52(65)75-55(4,5)6)49(51-58-60-64(59-51)36-42-19-25-45(74-12)26-20-42)50(48)78(70,71)62(34-40-15-21-43(72-10)22-16-40)35-41-17-23-44(73-11)24-18-41/h15-28,39,46H,29-38H2,1-14H3,(H,57,65)(H,66,67). The van der Waals surface area contributed by atoms with Gasteiger partial charge in [0.15, 0.2) is 18.2 Å². The monoisotopic (exact) mass is 1150 g/mol. The van der Waals surface area contributed by atoms with Crippen LogP contribution in [0.25, 0.3) is 11.4 Å². The van der Waals surface area contributed by atoms with Crippen LogP contribution < -0.4 is 24.4 Å². The number of hydrogen-bond acceptors (Lipinski definition) is 15. The average Bonchev–Trinajstić information content (AvgIpc) is 4.01. The number of carbonyl (C=O) groups is 2. The largest absolute Gasteiger partial charge is 0.497 e. The first-order chi connectivity index (χ1) is 36.8. The molecule has 432 valence electrons. The van der Waals surface area contributed by atoms with Crippen molar-refractivity contribution >= 4 is 46.1 Å². The van der Waals surface area contributed by atoms with Crippen molar-refractivity contribution in [3.8, 4) is 28.6 Å². The Labute approximate surface area is 467 Å². The summed E-state index contributed by atoms with van der Waals surface area (Å²) in [6.07, 6.45) is -1.92. The molecule has 0 radical (unpaired) electrons. The zero-order chi connectivity index (χ0) is 58.3. The van der Waals surface area contributed by atoms with Crippen molar-refractivity contribution in [3.05, 3.63) is 102 Å². The summed E-state index contributed by atoms with van der Waals surface area (Å²) in [7, 11) is -8.04. The lowest BCUT2D eigenvalue weighted by Crippen LogP contribution is -2.54. The molecule has 1 atom stereocenters. The van der Waals surface area contributed by atoms with Crippen LogP contribution in [0.4, 0.5) is 15.3 Å². The van der Waals surface area contributed by atoms with E-state index in [1.165, 1.54) is 29.4 Å². The maximum absolute atomic E-state index is 16.5. The Morgan fingerprint density at radius 1 is 0.759 bits per heavy atom. The van der Waals surface area contributed by atoms with E-state index in [9.17, 15) is 14.7 Å². The fraction of sp³-hybridized carbons (Fsp3) is 0.518. The van der Waals surface area contributed by atoms with Gasteiger partial charge in [-0.1, -0.05) is 57.2 Å².